The number of fused-ring (bicyclic) bond motifs is 12. The summed E-state index contributed by atoms with van der Waals surface area (Å²) in [7, 11) is 0. The van der Waals surface area contributed by atoms with E-state index in [0.717, 1.165) is 38.9 Å². The van der Waals surface area contributed by atoms with E-state index in [1.54, 1.807) is 0 Å². The van der Waals surface area contributed by atoms with Crippen LogP contribution in [0.15, 0.2) is 170 Å². The number of para-hydroxylation sites is 2. The van der Waals surface area contributed by atoms with Crippen molar-refractivity contribution in [2.75, 3.05) is 0 Å². The third-order valence-electron chi connectivity index (χ3n) is 11.1. The summed E-state index contributed by atoms with van der Waals surface area (Å²) in [5.41, 5.74) is 10.3. The van der Waals surface area contributed by atoms with Crippen LogP contribution in [0.1, 0.15) is 0 Å². The molecule has 4 heterocycles. The van der Waals surface area contributed by atoms with Gasteiger partial charge in [0.15, 0.2) is 5.82 Å². The van der Waals surface area contributed by atoms with Crippen LogP contribution in [0, 0.1) is 0 Å². The van der Waals surface area contributed by atoms with Crippen LogP contribution in [0.5, 0.6) is 0 Å². The first-order chi connectivity index (χ1) is 25.8. The monoisotopic (exact) mass is 660 g/mol. The molecule has 0 saturated heterocycles. The second-order valence-corrected chi connectivity index (χ2v) is 13.8. The van der Waals surface area contributed by atoms with Gasteiger partial charge in [0.2, 0.25) is 0 Å². The normalized spacial score (nSPS) is 12.2. The zero-order valence-electron chi connectivity index (χ0n) is 28.0. The first-order valence-electron chi connectivity index (χ1n) is 17.8. The van der Waals surface area contributed by atoms with Gasteiger partial charge in [-0.25, -0.2) is 0 Å². The molecule has 12 rings (SSSR count). The van der Waals surface area contributed by atoms with Crippen molar-refractivity contribution < 1.29 is 0 Å². The maximum Gasteiger partial charge on any atom is 0.168 e. The van der Waals surface area contributed by atoms with Gasteiger partial charge in [-0.3, -0.25) is 4.57 Å². The van der Waals surface area contributed by atoms with Crippen molar-refractivity contribution in [3.05, 3.63) is 170 Å². The molecule has 0 aliphatic rings. The van der Waals surface area contributed by atoms with E-state index >= 15 is 0 Å². The quantitative estimate of drug-likeness (QED) is 0.189. The Labute approximate surface area is 297 Å². The third kappa shape index (κ3) is 3.65. The Morgan fingerprint density at radius 3 is 1.71 bits per heavy atom. The van der Waals surface area contributed by atoms with E-state index in [0.29, 0.717) is 0 Å². The number of aromatic nitrogens is 4. The molecule has 0 aliphatic carbocycles. The highest BCUT2D eigenvalue weighted by molar-refractivity contribution is 6.34. The smallest absolute Gasteiger partial charge is 0.168 e. The molecule has 0 saturated carbocycles. The van der Waals surface area contributed by atoms with Crippen molar-refractivity contribution in [1.29, 1.82) is 0 Å². The molecule has 0 atom stereocenters. The van der Waals surface area contributed by atoms with E-state index in [2.05, 4.69) is 179 Å². The van der Waals surface area contributed by atoms with E-state index < -0.39 is 0 Å². The maximum atomic E-state index is 5.16. The van der Waals surface area contributed by atoms with E-state index in [-0.39, 0.29) is 0 Å². The molecule has 0 N–H and O–H groups in total. The van der Waals surface area contributed by atoms with Crippen molar-refractivity contribution >= 4 is 81.4 Å². The number of benzene rings is 8. The number of hydrogen-bond donors (Lipinski definition) is 0. The topological polar surface area (TPSA) is 35.1 Å². The summed E-state index contributed by atoms with van der Waals surface area (Å²) in [5, 5.41) is 22.2. The van der Waals surface area contributed by atoms with Gasteiger partial charge in [0, 0.05) is 48.7 Å². The second kappa shape index (κ2) is 10.3. The van der Waals surface area contributed by atoms with Crippen LogP contribution in [0.3, 0.4) is 0 Å². The second-order valence-electron chi connectivity index (χ2n) is 13.8. The van der Waals surface area contributed by atoms with Crippen molar-refractivity contribution in [1.82, 2.24) is 19.2 Å². The van der Waals surface area contributed by atoms with Gasteiger partial charge in [0.25, 0.3) is 0 Å². The van der Waals surface area contributed by atoms with Gasteiger partial charge < -0.3 is 4.40 Å². The average Bonchev–Trinajstić information content (AvgIpc) is 3.84. The molecule has 12 aromatic rings. The highest BCUT2D eigenvalue weighted by atomic mass is 15.2. The lowest BCUT2D eigenvalue weighted by Gasteiger charge is -2.13. The van der Waals surface area contributed by atoms with Crippen molar-refractivity contribution in [2.24, 2.45) is 0 Å². The zero-order valence-corrected chi connectivity index (χ0v) is 28.0. The van der Waals surface area contributed by atoms with Crippen molar-refractivity contribution in [3.63, 3.8) is 0 Å². The van der Waals surface area contributed by atoms with E-state index in [1.165, 1.54) is 70.8 Å². The first-order valence-corrected chi connectivity index (χ1v) is 17.8. The summed E-state index contributed by atoms with van der Waals surface area (Å²) in [6, 6.07) is 61.2. The molecular formula is C48H28N4. The third-order valence-corrected chi connectivity index (χ3v) is 11.1. The molecule has 0 spiro atoms. The van der Waals surface area contributed by atoms with E-state index in [9.17, 15) is 0 Å². The molecule has 0 bridgehead atoms. The molecule has 0 unspecified atom stereocenters. The minimum absolute atomic E-state index is 0.832. The molecule has 0 aliphatic heterocycles. The Hall–Kier alpha value is -7.04. The summed E-state index contributed by atoms with van der Waals surface area (Å²) >= 11 is 0. The van der Waals surface area contributed by atoms with Gasteiger partial charge in [-0.05, 0) is 52.2 Å². The highest BCUT2D eigenvalue weighted by Crippen LogP contribution is 2.47. The van der Waals surface area contributed by atoms with E-state index in [1.807, 2.05) is 0 Å². The zero-order chi connectivity index (χ0) is 33.9. The lowest BCUT2D eigenvalue weighted by molar-refractivity contribution is 0.978. The Bertz CT molecular complexity index is 3390. The van der Waals surface area contributed by atoms with Crippen LogP contribution in [0.2, 0.25) is 0 Å². The van der Waals surface area contributed by atoms with Crippen LogP contribution < -0.4 is 0 Å². The average molecular weight is 661 g/mol. The minimum atomic E-state index is 0.832. The first kappa shape index (κ1) is 27.7. The van der Waals surface area contributed by atoms with Crippen molar-refractivity contribution in [3.8, 4) is 28.2 Å². The summed E-state index contributed by atoms with van der Waals surface area (Å²) in [4.78, 5) is 0. The summed E-state index contributed by atoms with van der Waals surface area (Å²) in [6.45, 7) is 0. The molecule has 0 fully saturated rings. The van der Waals surface area contributed by atoms with Crippen LogP contribution >= 0.6 is 0 Å². The van der Waals surface area contributed by atoms with Gasteiger partial charge in [-0.15, -0.1) is 10.2 Å². The van der Waals surface area contributed by atoms with Crippen LogP contribution in [-0.2, 0) is 0 Å². The predicted molar refractivity (Wildman–Crippen MR) is 217 cm³/mol. The largest absolute Gasteiger partial charge is 0.308 e. The van der Waals surface area contributed by atoms with Crippen molar-refractivity contribution in [2.45, 2.75) is 0 Å². The molecule has 0 radical (unpaired) electrons. The molecule has 8 aromatic carbocycles. The minimum Gasteiger partial charge on any atom is -0.308 e. The Morgan fingerprint density at radius 2 is 0.923 bits per heavy atom. The Morgan fingerprint density at radius 1 is 0.346 bits per heavy atom. The van der Waals surface area contributed by atoms with Gasteiger partial charge in [0.1, 0.15) is 5.69 Å². The van der Waals surface area contributed by atoms with Gasteiger partial charge >= 0.3 is 0 Å². The summed E-state index contributed by atoms with van der Waals surface area (Å²) < 4.78 is 4.85. The molecular weight excluding hydrogens is 633 g/mol. The number of rotatable bonds is 3. The molecule has 240 valence electrons. The fraction of sp³-hybridized carbons (Fsp3) is 0. The lowest BCUT2D eigenvalue weighted by atomic mass is 10.0. The predicted octanol–water partition coefficient (Wildman–Crippen LogP) is 12.4. The number of hydrogen-bond acceptors (Lipinski definition) is 2. The maximum absolute atomic E-state index is 5.16. The van der Waals surface area contributed by atoms with Crippen LogP contribution in [-0.4, -0.2) is 19.2 Å². The van der Waals surface area contributed by atoms with E-state index in [4.69, 9.17) is 10.2 Å². The van der Waals surface area contributed by atoms with Gasteiger partial charge in [-0.2, -0.15) is 0 Å². The highest BCUT2D eigenvalue weighted by Gasteiger charge is 2.26. The van der Waals surface area contributed by atoms with Gasteiger partial charge in [-0.1, -0.05) is 140 Å². The molecule has 4 nitrogen and oxygen atoms in total. The Balaban J connectivity index is 1.22. The summed E-state index contributed by atoms with van der Waals surface area (Å²) in [5.74, 6) is 0.832. The SMILES string of the molecule is c1ccc(-c2ccc(-c3nnc(-n4c5cc6ccccc6cc5c5cc6c7ccccc7n7c8ccccc8c(c54)c67)c4ccccc34)cc2)cc1. The number of nitrogens with zero attached hydrogens (tertiary/aromatic N) is 4. The van der Waals surface area contributed by atoms with Crippen LogP contribution in [0.25, 0.3) is 110 Å². The Kier molecular flexibility index (Phi) is 5.47. The fourth-order valence-corrected chi connectivity index (χ4v) is 8.83. The van der Waals surface area contributed by atoms with Crippen LogP contribution in [0.4, 0.5) is 0 Å². The molecule has 4 heteroatoms. The standard InChI is InChI=1S/C48H28N4/c1-2-12-29(13-3-1)30-22-24-31(25-23-30)45-35-17-6-7-18-36(35)48(50-49-45)52-43-27-33-15-5-4-14-32(33)26-38(43)40-28-39-34-16-8-10-20-41(34)51-42-21-11-9-19-37(42)44(46(39)51)47(40)52/h1-28H. The fourth-order valence-electron chi connectivity index (χ4n) is 8.83. The lowest BCUT2D eigenvalue weighted by Crippen LogP contribution is -2.03. The molecule has 52 heavy (non-hydrogen) atoms. The molecule has 4 aromatic heterocycles. The van der Waals surface area contributed by atoms with Gasteiger partial charge in [0.05, 0.1) is 27.6 Å². The molecule has 0 amide bonds. The summed E-state index contributed by atoms with van der Waals surface area (Å²) in [6.07, 6.45) is 0.